The molecule has 0 fully saturated rings. The fourth-order valence-corrected chi connectivity index (χ4v) is 2.15. The van der Waals surface area contributed by atoms with Crippen molar-refractivity contribution >= 4 is 0 Å². The van der Waals surface area contributed by atoms with Crippen molar-refractivity contribution in [1.82, 2.24) is 0 Å². The van der Waals surface area contributed by atoms with Gasteiger partial charge < -0.3 is 20.3 Å². The zero-order valence-corrected chi connectivity index (χ0v) is 12.2. The summed E-state index contributed by atoms with van der Waals surface area (Å²) in [5.41, 5.74) is 7.59. The topological polar surface area (TPSA) is 64.7 Å². The SMILES string of the molecule is CCOc1cccc(CCN)c1OCc1cccc(O)c1. The average Bonchev–Trinajstić information content (AvgIpc) is 2.47. The predicted molar refractivity (Wildman–Crippen MR) is 82.8 cm³/mol. The Labute approximate surface area is 125 Å². The van der Waals surface area contributed by atoms with Gasteiger partial charge in [0.05, 0.1) is 6.61 Å². The van der Waals surface area contributed by atoms with E-state index in [4.69, 9.17) is 15.2 Å². The second-order valence-corrected chi connectivity index (χ2v) is 4.67. The van der Waals surface area contributed by atoms with E-state index in [1.807, 2.05) is 31.2 Å². The van der Waals surface area contributed by atoms with Gasteiger partial charge in [0, 0.05) is 0 Å². The zero-order valence-electron chi connectivity index (χ0n) is 12.2. The predicted octanol–water partition coefficient (Wildman–Crippen LogP) is 2.87. The normalized spacial score (nSPS) is 10.4. The Morgan fingerprint density at radius 1 is 1.10 bits per heavy atom. The molecule has 4 heteroatoms. The summed E-state index contributed by atoms with van der Waals surface area (Å²) < 4.78 is 11.5. The summed E-state index contributed by atoms with van der Waals surface area (Å²) in [5.74, 6) is 1.69. The quantitative estimate of drug-likeness (QED) is 0.822. The fourth-order valence-electron chi connectivity index (χ4n) is 2.15. The molecule has 3 N–H and O–H groups in total. The minimum absolute atomic E-state index is 0.233. The second-order valence-electron chi connectivity index (χ2n) is 4.67. The minimum atomic E-state index is 0.233. The van der Waals surface area contributed by atoms with E-state index in [0.717, 1.165) is 29.0 Å². The van der Waals surface area contributed by atoms with Crippen molar-refractivity contribution in [3.05, 3.63) is 53.6 Å². The number of hydrogen-bond acceptors (Lipinski definition) is 4. The summed E-state index contributed by atoms with van der Waals surface area (Å²) in [6.45, 7) is 3.44. The van der Waals surface area contributed by atoms with E-state index in [1.165, 1.54) is 0 Å². The van der Waals surface area contributed by atoms with Crippen LogP contribution in [0.1, 0.15) is 18.1 Å². The van der Waals surface area contributed by atoms with Crippen LogP contribution < -0.4 is 15.2 Å². The average molecular weight is 287 g/mol. The Bertz CT molecular complexity index is 560. The highest BCUT2D eigenvalue weighted by Crippen LogP contribution is 2.32. The van der Waals surface area contributed by atoms with Crippen molar-refractivity contribution in [2.45, 2.75) is 20.0 Å². The molecule has 0 radical (unpaired) electrons. The molecule has 0 amide bonds. The number of hydrogen-bond donors (Lipinski definition) is 2. The number of para-hydroxylation sites is 1. The van der Waals surface area contributed by atoms with Gasteiger partial charge in [-0.2, -0.15) is 0 Å². The van der Waals surface area contributed by atoms with Gasteiger partial charge in [-0.05, 0) is 49.2 Å². The number of benzene rings is 2. The van der Waals surface area contributed by atoms with Crippen LogP contribution in [0.25, 0.3) is 0 Å². The molecule has 2 aromatic rings. The Morgan fingerprint density at radius 2 is 1.90 bits per heavy atom. The van der Waals surface area contributed by atoms with Gasteiger partial charge in [0.25, 0.3) is 0 Å². The number of aromatic hydroxyl groups is 1. The van der Waals surface area contributed by atoms with Gasteiger partial charge in [0.15, 0.2) is 11.5 Å². The first kappa shape index (κ1) is 15.2. The maximum atomic E-state index is 9.49. The lowest BCUT2D eigenvalue weighted by molar-refractivity contribution is 0.266. The van der Waals surface area contributed by atoms with E-state index in [2.05, 4.69) is 0 Å². The van der Waals surface area contributed by atoms with Gasteiger partial charge >= 0.3 is 0 Å². The maximum absolute atomic E-state index is 9.49. The number of phenols is 1. The lowest BCUT2D eigenvalue weighted by Gasteiger charge is -2.16. The first-order valence-electron chi connectivity index (χ1n) is 7.10. The molecule has 4 nitrogen and oxygen atoms in total. The Hall–Kier alpha value is -2.20. The smallest absolute Gasteiger partial charge is 0.164 e. The summed E-state index contributed by atoms with van der Waals surface area (Å²) in [6.07, 6.45) is 0.732. The molecule has 0 unspecified atom stereocenters. The molecule has 0 aliphatic rings. The van der Waals surface area contributed by atoms with E-state index < -0.39 is 0 Å². The summed E-state index contributed by atoms with van der Waals surface area (Å²) in [6, 6.07) is 12.9. The molecule has 21 heavy (non-hydrogen) atoms. The third-order valence-corrected chi connectivity index (χ3v) is 3.07. The summed E-state index contributed by atoms with van der Waals surface area (Å²) in [4.78, 5) is 0. The van der Waals surface area contributed by atoms with E-state index in [1.54, 1.807) is 18.2 Å². The molecule has 2 aromatic carbocycles. The van der Waals surface area contributed by atoms with Gasteiger partial charge in [0.1, 0.15) is 12.4 Å². The largest absolute Gasteiger partial charge is 0.508 e. The van der Waals surface area contributed by atoms with Crippen LogP contribution in [-0.4, -0.2) is 18.3 Å². The van der Waals surface area contributed by atoms with Crippen LogP contribution in [0, 0.1) is 0 Å². The number of nitrogens with two attached hydrogens (primary N) is 1. The Morgan fingerprint density at radius 3 is 2.62 bits per heavy atom. The lowest BCUT2D eigenvalue weighted by atomic mass is 10.1. The van der Waals surface area contributed by atoms with Crippen LogP contribution in [0.3, 0.4) is 0 Å². The molecular weight excluding hydrogens is 266 g/mol. The van der Waals surface area contributed by atoms with Gasteiger partial charge in [-0.25, -0.2) is 0 Å². The van der Waals surface area contributed by atoms with Crippen molar-refractivity contribution in [3.8, 4) is 17.2 Å². The van der Waals surface area contributed by atoms with Crippen LogP contribution in [0.15, 0.2) is 42.5 Å². The molecule has 0 bridgehead atoms. The molecule has 0 aliphatic heterocycles. The Kier molecular flexibility index (Phi) is 5.46. The molecule has 0 aliphatic carbocycles. The highest BCUT2D eigenvalue weighted by atomic mass is 16.5. The third kappa shape index (κ3) is 4.13. The van der Waals surface area contributed by atoms with Crippen molar-refractivity contribution < 1.29 is 14.6 Å². The van der Waals surface area contributed by atoms with Gasteiger partial charge in [-0.1, -0.05) is 24.3 Å². The number of rotatable bonds is 7. The standard InChI is InChI=1S/C17H21NO3/c1-2-20-16-8-4-6-14(9-10-18)17(16)21-12-13-5-3-7-15(19)11-13/h3-8,11,19H,2,9-10,12,18H2,1H3. The van der Waals surface area contributed by atoms with Gasteiger partial charge in [-0.15, -0.1) is 0 Å². The van der Waals surface area contributed by atoms with Crippen molar-refractivity contribution in [2.24, 2.45) is 5.73 Å². The summed E-state index contributed by atoms with van der Waals surface area (Å²) >= 11 is 0. The summed E-state index contributed by atoms with van der Waals surface area (Å²) in [7, 11) is 0. The molecule has 0 atom stereocenters. The van der Waals surface area contributed by atoms with Crippen molar-refractivity contribution in [2.75, 3.05) is 13.2 Å². The van der Waals surface area contributed by atoms with Crippen molar-refractivity contribution in [3.63, 3.8) is 0 Å². The van der Waals surface area contributed by atoms with E-state index >= 15 is 0 Å². The van der Waals surface area contributed by atoms with Crippen LogP contribution >= 0.6 is 0 Å². The van der Waals surface area contributed by atoms with Gasteiger partial charge in [-0.3, -0.25) is 0 Å². The first-order valence-corrected chi connectivity index (χ1v) is 7.10. The number of ether oxygens (including phenoxy) is 2. The van der Waals surface area contributed by atoms with E-state index in [-0.39, 0.29) is 5.75 Å². The molecular formula is C17H21NO3. The first-order chi connectivity index (χ1) is 10.2. The monoisotopic (exact) mass is 287 g/mol. The maximum Gasteiger partial charge on any atom is 0.164 e. The van der Waals surface area contributed by atoms with Crippen LogP contribution in [-0.2, 0) is 13.0 Å². The summed E-state index contributed by atoms with van der Waals surface area (Å²) in [5, 5.41) is 9.49. The lowest BCUT2D eigenvalue weighted by Crippen LogP contribution is -2.07. The molecule has 0 spiro atoms. The fraction of sp³-hybridized carbons (Fsp3) is 0.294. The molecule has 0 saturated carbocycles. The van der Waals surface area contributed by atoms with Crippen LogP contribution in [0.4, 0.5) is 0 Å². The molecule has 0 saturated heterocycles. The minimum Gasteiger partial charge on any atom is -0.508 e. The second kappa shape index (κ2) is 7.55. The number of phenolic OH excluding ortho intramolecular Hbond substituents is 1. The van der Waals surface area contributed by atoms with Gasteiger partial charge in [0.2, 0.25) is 0 Å². The van der Waals surface area contributed by atoms with E-state index in [0.29, 0.717) is 19.8 Å². The van der Waals surface area contributed by atoms with Crippen LogP contribution in [0.5, 0.6) is 17.2 Å². The highest BCUT2D eigenvalue weighted by Gasteiger charge is 2.11. The van der Waals surface area contributed by atoms with E-state index in [9.17, 15) is 5.11 Å². The third-order valence-electron chi connectivity index (χ3n) is 3.07. The molecule has 0 aromatic heterocycles. The van der Waals surface area contributed by atoms with Crippen LogP contribution in [0.2, 0.25) is 0 Å². The zero-order chi connectivity index (χ0) is 15.1. The molecule has 0 heterocycles. The Balaban J connectivity index is 2.20. The molecule has 112 valence electrons. The molecule has 2 rings (SSSR count). The van der Waals surface area contributed by atoms with Crippen molar-refractivity contribution in [1.29, 1.82) is 0 Å². The highest BCUT2D eigenvalue weighted by molar-refractivity contribution is 5.47.